The predicted octanol–water partition coefficient (Wildman–Crippen LogP) is 3.62. The zero-order valence-electron chi connectivity index (χ0n) is 16.5. The Hall–Kier alpha value is -1.53. The Kier molecular flexibility index (Phi) is 5.10. The monoisotopic (exact) mass is 375 g/mol. The first-order valence-corrected chi connectivity index (χ1v) is 10.4. The van der Waals surface area contributed by atoms with E-state index in [1.54, 1.807) is 4.57 Å². The maximum Gasteiger partial charge on any atom is 0.261 e. The summed E-state index contributed by atoms with van der Waals surface area (Å²) in [6.07, 6.45) is 3.38. The van der Waals surface area contributed by atoms with Gasteiger partial charge in [0.05, 0.1) is 26.6 Å². The molecule has 0 saturated heterocycles. The van der Waals surface area contributed by atoms with Crippen molar-refractivity contribution in [3.8, 4) is 0 Å². The number of hydrogen-bond acceptors (Lipinski definition) is 3. The molecule has 6 heteroatoms. The van der Waals surface area contributed by atoms with E-state index >= 15 is 0 Å². The van der Waals surface area contributed by atoms with Gasteiger partial charge in [0.15, 0.2) is 0 Å². The summed E-state index contributed by atoms with van der Waals surface area (Å²) in [4.78, 5) is 17.9. The topological polar surface area (TPSA) is 64.0 Å². The van der Waals surface area contributed by atoms with Gasteiger partial charge in [-0.25, -0.2) is 13.9 Å². The standard InChI is InChI=1S/C20H29N3O2S/c1-12-10-15(13(2)22-26(25)20(3,4)5)17-16(11-12)19(24)23(6)18(21-17)14-8-7-9-14/h10-11,13-14,22H,7-9H2,1-6H3/t13-,26?/m1/s1. The molecule has 2 atom stereocenters. The van der Waals surface area contributed by atoms with Crippen LogP contribution in [0.2, 0.25) is 0 Å². The van der Waals surface area contributed by atoms with Crippen molar-refractivity contribution in [2.75, 3.05) is 0 Å². The fraction of sp³-hybridized carbons (Fsp3) is 0.600. The molecule has 0 radical (unpaired) electrons. The average Bonchev–Trinajstić information content (AvgIpc) is 2.49. The van der Waals surface area contributed by atoms with Gasteiger partial charge in [-0.1, -0.05) is 12.5 Å². The average molecular weight is 376 g/mol. The molecule has 1 aliphatic carbocycles. The number of hydrogen-bond donors (Lipinski definition) is 1. The Balaban J connectivity index is 2.14. The molecule has 1 aromatic carbocycles. The summed E-state index contributed by atoms with van der Waals surface area (Å²) in [5, 5.41) is 0.640. The minimum Gasteiger partial charge on any atom is -0.299 e. The minimum atomic E-state index is -1.19. The second-order valence-corrected chi connectivity index (χ2v) is 10.4. The molecule has 142 valence electrons. The Bertz CT molecular complexity index is 923. The lowest BCUT2D eigenvalue weighted by atomic mass is 9.84. The zero-order valence-corrected chi connectivity index (χ0v) is 17.4. The summed E-state index contributed by atoms with van der Waals surface area (Å²) in [6, 6.07) is 3.80. The number of rotatable bonds is 4. The van der Waals surface area contributed by atoms with Gasteiger partial charge < -0.3 is 0 Å². The van der Waals surface area contributed by atoms with Crippen LogP contribution in [-0.4, -0.2) is 18.5 Å². The molecule has 1 N–H and O–H groups in total. The summed E-state index contributed by atoms with van der Waals surface area (Å²) in [6.45, 7) is 9.80. The number of aromatic nitrogens is 2. The number of aryl methyl sites for hydroxylation is 1. The quantitative estimate of drug-likeness (QED) is 0.888. The number of nitrogens with one attached hydrogen (secondary N) is 1. The molecule has 1 heterocycles. The van der Waals surface area contributed by atoms with E-state index in [2.05, 4.69) is 10.8 Å². The van der Waals surface area contributed by atoms with Crippen LogP contribution < -0.4 is 10.3 Å². The fourth-order valence-electron chi connectivity index (χ4n) is 3.33. The largest absolute Gasteiger partial charge is 0.299 e. The van der Waals surface area contributed by atoms with Crippen LogP contribution in [0, 0.1) is 6.92 Å². The van der Waals surface area contributed by atoms with Crippen LogP contribution in [0.1, 0.15) is 75.9 Å². The molecule has 1 fully saturated rings. The second-order valence-electron chi connectivity index (χ2n) is 8.43. The molecule has 0 amide bonds. The van der Waals surface area contributed by atoms with Crippen LogP contribution >= 0.6 is 0 Å². The molecule has 5 nitrogen and oxygen atoms in total. The first kappa shape index (κ1) is 19.2. The third-order valence-electron chi connectivity index (χ3n) is 5.17. The van der Waals surface area contributed by atoms with Crippen LogP contribution in [0.4, 0.5) is 0 Å². The van der Waals surface area contributed by atoms with Gasteiger partial charge in [0.25, 0.3) is 5.56 Å². The van der Waals surface area contributed by atoms with Crippen molar-refractivity contribution in [1.82, 2.24) is 14.3 Å². The van der Waals surface area contributed by atoms with E-state index in [1.807, 2.05) is 47.7 Å². The maximum atomic E-state index is 12.9. The van der Waals surface area contributed by atoms with E-state index in [-0.39, 0.29) is 16.3 Å². The van der Waals surface area contributed by atoms with Crippen molar-refractivity contribution in [3.05, 3.63) is 39.4 Å². The van der Waals surface area contributed by atoms with Crippen molar-refractivity contribution in [3.63, 3.8) is 0 Å². The van der Waals surface area contributed by atoms with Gasteiger partial charge in [-0.15, -0.1) is 0 Å². The van der Waals surface area contributed by atoms with Gasteiger partial charge in [0.2, 0.25) is 0 Å². The van der Waals surface area contributed by atoms with Crippen molar-refractivity contribution < 1.29 is 4.21 Å². The van der Waals surface area contributed by atoms with E-state index in [0.29, 0.717) is 11.3 Å². The molecule has 2 aromatic rings. The lowest BCUT2D eigenvalue weighted by molar-refractivity contribution is 0.388. The normalized spacial score (nSPS) is 17.9. The van der Waals surface area contributed by atoms with Crippen LogP contribution in [0.25, 0.3) is 10.9 Å². The Labute approximate surface area is 157 Å². The van der Waals surface area contributed by atoms with E-state index in [0.717, 1.165) is 35.3 Å². The van der Waals surface area contributed by atoms with Crippen LogP contribution in [0.15, 0.2) is 16.9 Å². The van der Waals surface area contributed by atoms with Crippen molar-refractivity contribution in [1.29, 1.82) is 0 Å². The van der Waals surface area contributed by atoms with Gasteiger partial charge in [-0.2, -0.15) is 0 Å². The molecule has 0 spiro atoms. The zero-order chi connectivity index (χ0) is 19.2. The van der Waals surface area contributed by atoms with Gasteiger partial charge in [0, 0.05) is 19.0 Å². The number of fused-ring (bicyclic) bond motifs is 1. The van der Waals surface area contributed by atoms with Crippen molar-refractivity contribution in [2.45, 2.75) is 70.6 Å². The molecule has 3 rings (SSSR count). The third kappa shape index (κ3) is 3.49. The number of benzene rings is 1. The van der Waals surface area contributed by atoms with Crippen molar-refractivity contribution in [2.24, 2.45) is 7.05 Å². The SMILES string of the molecule is Cc1cc([C@@H](C)NS(=O)C(C)(C)C)c2nc(C3CCC3)n(C)c(=O)c2c1. The Morgan fingerprint density at radius 1 is 1.31 bits per heavy atom. The van der Waals surface area contributed by atoms with E-state index in [4.69, 9.17) is 4.98 Å². The molecule has 1 aromatic heterocycles. The molecule has 26 heavy (non-hydrogen) atoms. The molecular formula is C20H29N3O2S. The van der Waals surface area contributed by atoms with E-state index < -0.39 is 11.0 Å². The van der Waals surface area contributed by atoms with Crippen LogP contribution in [0.3, 0.4) is 0 Å². The first-order valence-electron chi connectivity index (χ1n) is 9.29. The molecular weight excluding hydrogens is 346 g/mol. The van der Waals surface area contributed by atoms with Gasteiger partial charge in [-0.05, 0) is 64.7 Å². The summed E-state index contributed by atoms with van der Waals surface area (Å²) in [5.41, 5.74) is 2.70. The molecule has 1 unspecified atom stereocenters. The number of nitrogens with zero attached hydrogens (tertiary/aromatic N) is 2. The highest BCUT2D eigenvalue weighted by molar-refractivity contribution is 7.84. The fourth-order valence-corrected chi connectivity index (χ4v) is 4.13. The predicted molar refractivity (Wildman–Crippen MR) is 108 cm³/mol. The minimum absolute atomic E-state index is 0.00555. The van der Waals surface area contributed by atoms with Crippen LogP contribution in [0.5, 0.6) is 0 Å². The molecule has 0 bridgehead atoms. The lowest BCUT2D eigenvalue weighted by Gasteiger charge is -2.27. The third-order valence-corrected chi connectivity index (χ3v) is 6.85. The maximum absolute atomic E-state index is 12.9. The summed E-state index contributed by atoms with van der Waals surface area (Å²) < 4.78 is 17.1. The summed E-state index contributed by atoms with van der Waals surface area (Å²) in [7, 11) is 0.627. The van der Waals surface area contributed by atoms with Crippen molar-refractivity contribution >= 4 is 21.9 Å². The second kappa shape index (κ2) is 6.89. The lowest BCUT2D eigenvalue weighted by Crippen LogP contribution is -2.35. The highest BCUT2D eigenvalue weighted by atomic mass is 32.2. The smallest absolute Gasteiger partial charge is 0.261 e. The summed E-state index contributed by atoms with van der Waals surface area (Å²) in [5.74, 6) is 1.25. The first-order chi connectivity index (χ1) is 12.1. The van der Waals surface area contributed by atoms with Crippen LogP contribution in [-0.2, 0) is 18.0 Å². The molecule has 1 saturated carbocycles. The summed E-state index contributed by atoms with van der Waals surface area (Å²) >= 11 is 0. The highest BCUT2D eigenvalue weighted by Gasteiger charge is 2.27. The highest BCUT2D eigenvalue weighted by Crippen LogP contribution is 2.35. The van der Waals surface area contributed by atoms with E-state index in [1.165, 1.54) is 6.42 Å². The Morgan fingerprint density at radius 3 is 2.50 bits per heavy atom. The van der Waals surface area contributed by atoms with Gasteiger partial charge >= 0.3 is 0 Å². The van der Waals surface area contributed by atoms with Gasteiger partial charge in [-0.3, -0.25) is 9.36 Å². The molecule has 0 aliphatic heterocycles. The van der Waals surface area contributed by atoms with Gasteiger partial charge in [0.1, 0.15) is 5.82 Å². The molecule has 1 aliphatic rings. The van der Waals surface area contributed by atoms with E-state index in [9.17, 15) is 9.00 Å². The Morgan fingerprint density at radius 2 is 1.96 bits per heavy atom.